The van der Waals surface area contributed by atoms with Crippen molar-refractivity contribution in [2.45, 2.75) is 19.3 Å². The molecule has 3 nitrogen and oxygen atoms in total. The van der Waals surface area contributed by atoms with Gasteiger partial charge in [-0.1, -0.05) is 5.92 Å². The Morgan fingerprint density at radius 3 is 2.67 bits per heavy atom. The second-order valence-corrected chi connectivity index (χ2v) is 1.69. The molecule has 0 saturated heterocycles. The maximum absolute atomic E-state index is 9.70. The fraction of sp³-hybridized carbons (Fsp3) is 0.667. The van der Waals surface area contributed by atoms with Crippen LogP contribution in [0.1, 0.15) is 19.3 Å². The molecule has 0 aliphatic carbocycles. The first-order valence-corrected chi connectivity index (χ1v) is 2.78. The number of unbranched alkanes of at least 4 members (excludes halogenated alkanes) is 2. The van der Waals surface area contributed by atoms with Gasteiger partial charge in [0.15, 0.2) is 0 Å². The highest BCUT2D eigenvalue weighted by Crippen LogP contribution is 1.92. The first-order valence-electron chi connectivity index (χ1n) is 2.78. The number of rotatable bonds is 4. The van der Waals surface area contributed by atoms with E-state index in [-0.39, 0.29) is 11.5 Å². The summed E-state index contributed by atoms with van der Waals surface area (Å²) in [4.78, 5) is 9.36. The summed E-state index contributed by atoms with van der Waals surface area (Å²) >= 11 is 0. The van der Waals surface area contributed by atoms with E-state index in [1.165, 1.54) is 0 Å². The van der Waals surface area contributed by atoms with Crippen LogP contribution in [0.15, 0.2) is 0 Å². The minimum atomic E-state index is -0.343. The van der Waals surface area contributed by atoms with Crippen molar-refractivity contribution in [1.29, 1.82) is 0 Å². The summed E-state index contributed by atoms with van der Waals surface area (Å²) in [6, 6.07) is 0. The molecule has 0 bridgehead atoms. The molecule has 0 amide bonds. The summed E-state index contributed by atoms with van der Waals surface area (Å²) in [5.74, 6) is 2.17. The van der Waals surface area contributed by atoms with Crippen LogP contribution in [0.4, 0.5) is 0 Å². The quantitative estimate of drug-likeness (QED) is 0.244. The van der Waals surface area contributed by atoms with Gasteiger partial charge in [0.2, 0.25) is 6.54 Å². The highest BCUT2D eigenvalue weighted by Gasteiger charge is 1.93. The van der Waals surface area contributed by atoms with Crippen LogP contribution in [0.2, 0.25) is 0 Å². The Hall–Kier alpha value is -1.04. The molecule has 9 heavy (non-hydrogen) atoms. The molecule has 0 unspecified atom stereocenters. The van der Waals surface area contributed by atoms with Crippen molar-refractivity contribution >= 4 is 0 Å². The molecule has 0 saturated carbocycles. The van der Waals surface area contributed by atoms with E-state index in [1.54, 1.807) is 0 Å². The second kappa shape index (κ2) is 5.10. The third-order valence-corrected chi connectivity index (χ3v) is 0.892. The second-order valence-electron chi connectivity index (χ2n) is 1.69. The van der Waals surface area contributed by atoms with Gasteiger partial charge in [0.05, 0.1) is 0 Å². The first-order chi connectivity index (χ1) is 4.27. The number of nitro groups is 1. The summed E-state index contributed by atoms with van der Waals surface area (Å²) in [7, 11) is 0. The Balaban J connectivity index is 2.94. The topological polar surface area (TPSA) is 43.1 Å². The molecule has 0 aromatic heterocycles. The smallest absolute Gasteiger partial charge is 0.203 e. The van der Waals surface area contributed by atoms with E-state index < -0.39 is 0 Å². The molecule has 0 heterocycles. The summed E-state index contributed by atoms with van der Waals surface area (Å²) in [5.41, 5.74) is 0. The molecular weight excluding hydrogens is 118 g/mol. The van der Waals surface area contributed by atoms with Crippen molar-refractivity contribution in [3.05, 3.63) is 16.5 Å². The molecule has 0 N–H and O–H groups in total. The van der Waals surface area contributed by atoms with E-state index in [2.05, 4.69) is 5.92 Å². The van der Waals surface area contributed by atoms with Gasteiger partial charge in [-0.05, 0) is 12.8 Å². The lowest BCUT2D eigenvalue weighted by atomic mass is 10.2. The summed E-state index contributed by atoms with van der Waals surface area (Å²) in [6.07, 6.45) is 8.26. The molecule has 0 aromatic rings. The average Bonchev–Trinajstić information content (AvgIpc) is 1.80. The molecular formula is C6H8NO2. The monoisotopic (exact) mass is 126 g/mol. The maximum atomic E-state index is 9.70. The molecule has 0 aliphatic rings. The van der Waals surface area contributed by atoms with Crippen molar-refractivity contribution in [3.63, 3.8) is 0 Å². The van der Waals surface area contributed by atoms with Gasteiger partial charge in [0, 0.05) is 17.8 Å². The van der Waals surface area contributed by atoms with Crippen LogP contribution in [0.3, 0.4) is 0 Å². The largest absolute Gasteiger partial charge is 0.265 e. The van der Waals surface area contributed by atoms with E-state index in [0.29, 0.717) is 19.3 Å². The number of hydrogen-bond acceptors (Lipinski definition) is 2. The van der Waals surface area contributed by atoms with Crippen LogP contribution >= 0.6 is 0 Å². The van der Waals surface area contributed by atoms with Crippen molar-refractivity contribution in [3.8, 4) is 5.92 Å². The molecule has 1 radical (unpaired) electrons. The normalized spacial score (nSPS) is 8.33. The molecule has 3 heteroatoms. The van der Waals surface area contributed by atoms with E-state index in [0.717, 1.165) is 0 Å². The Morgan fingerprint density at radius 2 is 2.22 bits per heavy atom. The van der Waals surface area contributed by atoms with E-state index in [4.69, 9.17) is 6.42 Å². The zero-order chi connectivity index (χ0) is 7.11. The maximum Gasteiger partial charge on any atom is 0.203 e. The van der Waals surface area contributed by atoms with Crippen LogP contribution in [0, 0.1) is 22.5 Å². The lowest BCUT2D eigenvalue weighted by molar-refractivity contribution is -0.480. The standard InChI is InChI=1S/C6H8NO2/c1-2-3-4-5-6-7(8)9/h3-6H2. The lowest BCUT2D eigenvalue weighted by Gasteiger charge is -1.88. The predicted molar refractivity (Wildman–Crippen MR) is 32.8 cm³/mol. The SMILES string of the molecule is [C]#CCCCC[N+](=O)[O-]. The van der Waals surface area contributed by atoms with Crippen LogP contribution in [-0.2, 0) is 0 Å². The van der Waals surface area contributed by atoms with Gasteiger partial charge in [0.25, 0.3) is 0 Å². The summed E-state index contributed by atoms with van der Waals surface area (Å²) in [5, 5.41) is 9.70. The molecule has 0 rings (SSSR count). The molecule has 49 valence electrons. The summed E-state index contributed by atoms with van der Waals surface area (Å²) < 4.78 is 0. The lowest BCUT2D eigenvalue weighted by Crippen LogP contribution is -1.99. The van der Waals surface area contributed by atoms with Crippen molar-refractivity contribution < 1.29 is 4.92 Å². The molecule has 0 aliphatic heterocycles. The van der Waals surface area contributed by atoms with Crippen molar-refractivity contribution in [1.82, 2.24) is 0 Å². The highest BCUT2D eigenvalue weighted by atomic mass is 16.6. The number of nitrogens with zero attached hydrogens (tertiary/aromatic N) is 1. The highest BCUT2D eigenvalue weighted by molar-refractivity contribution is 4.73. The molecule has 0 aromatic carbocycles. The molecule has 0 atom stereocenters. The van der Waals surface area contributed by atoms with E-state index in [9.17, 15) is 10.1 Å². The predicted octanol–water partition coefficient (Wildman–Crippen LogP) is 1.02. The molecule has 0 spiro atoms. The fourth-order valence-electron chi connectivity index (χ4n) is 0.454. The Kier molecular flexibility index (Phi) is 4.51. The minimum absolute atomic E-state index is 0.0156. The van der Waals surface area contributed by atoms with Gasteiger partial charge < -0.3 is 0 Å². The minimum Gasteiger partial charge on any atom is -0.265 e. The van der Waals surface area contributed by atoms with Gasteiger partial charge in [-0.3, -0.25) is 10.1 Å². The summed E-state index contributed by atoms with van der Waals surface area (Å²) in [6.45, 7) is 0.0156. The van der Waals surface area contributed by atoms with Crippen LogP contribution < -0.4 is 0 Å². The van der Waals surface area contributed by atoms with Gasteiger partial charge in [-0.25, -0.2) is 0 Å². The fourth-order valence-corrected chi connectivity index (χ4v) is 0.454. The zero-order valence-corrected chi connectivity index (χ0v) is 5.09. The molecule has 0 fully saturated rings. The Labute approximate surface area is 54.2 Å². The van der Waals surface area contributed by atoms with E-state index in [1.807, 2.05) is 0 Å². The van der Waals surface area contributed by atoms with Gasteiger partial charge in [-0.2, -0.15) is 0 Å². The van der Waals surface area contributed by atoms with Gasteiger partial charge in [-0.15, -0.1) is 0 Å². The van der Waals surface area contributed by atoms with Gasteiger partial charge in [0.1, 0.15) is 0 Å². The van der Waals surface area contributed by atoms with Crippen molar-refractivity contribution in [2.24, 2.45) is 0 Å². The van der Waals surface area contributed by atoms with Crippen molar-refractivity contribution in [2.75, 3.05) is 6.54 Å². The first kappa shape index (κ1) is 7.96. The number of hydrogen-bond donors (Lipinski definition) is 0. The Morgan fingerprint density at radius 1 is 1.56 bits per heavy atom. The average molecular weight is 126 g/mol. The van der Waals surface area contributed by atoms with Crippen LogP contribution in [0.5, 0.6) is 0 Å². The van der Waals surface area contributed by atoms with Crippen LogP contribution in [-0.4, -0.2) is 11.5 Å². The van der Waals surface area contributed by atoms with Gasteiger partial charge >= 0.3 is 0 Å². The van der Waals surface area contributed by atoms with E-state index >= 15 is 0 Å². The zero-order valence-electron chi connectivity index (χ0n) is 5.09. The Bertz CT molecular complexity index is 126. The van der Waals surface area contributed by atoms with Crippen LogP contribution in [0.25, 0.3) is 0 Å². The third-order valence-electron chi connectivity index (χ3n) is 0.892. The third kappa shape index (κ3) is 6.96.